The molecule has 0 aromatic heterocycles. The molecule has 1 fully saturated rings. The monoisotopic (exact) mass is 273 g/mol. The molecule has 1 heterocycles. The van der Waals surface area contributed by atoms with Gasteiger partial charge < -0.3 is 19.5 Å². The zero-order valence-electron chi connectivity index (χ0n) is 12.9. The van der Waals surface area contributed by atoms with Gasteiger partial charge >= 0.3 is 0 Å². The van der Waals surface area contributed by atoms with Crippen molar-refractivity contribution >= 4 is 0 Å². The molecule has 1 N–H and O–H groups in total. The van der Waals surface area contributed by atoms with Crippen LogP contribution in [0.3, 0.4) is 0 Å². The van der Waals surface area contributed by atoms with Crippen LogP contribution in [0.15, 0.2) is 0 Å². The molecule has 0 saturated carbocycles. The number of aliphatic hydroxyl groups is 1. The first-order chi connectivity index (χ1) is 9.15. The van der Waals surface area contributed by atoms with Gasteiger partial charge in [-0.1, -0.05) is 26.7 Å². The Hall–Kier alpha value is -0.160. The molecule has 0 amide bonds. The van der Waals surface area contributed by atoms with E-state index in [4.69, 9.17) is 9.47 Å². The van der Waals surface area contributed by atoms with E-state index in [1.165, 1.54) is 25.7 Å². The largest absolute Gasteiger partial charge is 0.389 e. The van der Waals surface area contributed by atoms with Crippen LogP contribution in [0.2, 0.25) is 0 Å². The molecule has 4 nitrogen and oxygen atoms in total. The van der Waals surface area contributed by atoms with Crippen LogP contribution in [0.4, 0.5) is 0 Å². The highest BCUT2D eigenvalue weighted by molar-refractivity contribution is 4.84. The summed E-state index contributed by atoms with van der Waals surface area (Å²) in [4.78, 5) is 2.37. The molecular formula is C15H31NO3. The first kappa shape index (κ1) is 16.9. The lowest BCUT2D eigenvalue weighted by atomic mass is 9.74. The van der Waals surface area contributed by atoms with Gasteiger partial charge in [-0.3, -0.25) is 0 Å². The number of hydrogen-bond donors (Lipinski definition) is 1. The molecule has 0 radical (unpaired) electrons. The van der Waals surface area contributed by atoms with E-state index in [1.54, 1.807) is 7.11 Å². The van der Waals surface area contributed by atoms with Gasteiger partial charge in [-0.2, -0.15) is 0 Å². The fourth-order valence-electron chi connectivity index (χ4n) is 2.88. The number of nitrogens with zero attached hydrogens (tertiary/aromatic N) is 1. The third-order valence-electron chi connectivity index (χ3n) is 4.63. The number of β-amino-alcohol motifs (C(OH)–C–C–N with tert-alkyl or cyclic N) is 1. The maximum atomic E-state index is 9.94. The molecule has 1 rings (SSSR count). The summed E-state index contributed by atoms with van der Waals surface area (Å²) in [6.07, 6.45) is 4.70. The Labute approximate surface area is 118 Å². The van der Waals surface area contributed by atoms with Gasteiger partial charge in [0.25, 0.3) is 0 Å². The summed E-state index contributed by atoms with van der Waals surface area (Å²) in [6, 6.07) is 0. The quantitative estimate of drug-likeness (QED) is 0.652. The highest BCUT2D eigenvalue weighted by Gasteiger charge is 2.31. The number of methoxy groups -OCH3 is 1. The first-order valence-electron chi connectivity index (χ1n) is 7.63. The van der Waals surface area contributed by atoms with Crippen molar-refractivity contribution in [2.45, 2.75) is 45.6 Å². The van der Waals surface area contributed by atoms with Crippen molar-refractivity contribution in [2.24, 2.45) is 5.41 Å². The summed E-state index contributed by atoms with van der Waals surface area (Å²) < 4.78 is 10.3. The highest BCUT2D eigenvalue weighted by atomic mass is 16.5. The minimum absolute atomic E-state index is 0.382. The summed E-state index contributed by atoms with van der Waals surface area (Å²) in [7, 11) is 1.65. The van der Waals surface area contributed by atoms with E-state index >= 15 is 0 Å². The third kappa shape index (κ3) is 5.78. The lowest BCUT2D eigenvalue weighted by Gasteiger charge is -2.41. The molecule has 19 heavy (non-hydrogen) atoms. The van der Waals surface area contributed by atoms with Crippen LogP contribution < -0.4 is 0 Å². The summed E-state index contributed by atoms with van der Waals surface area (Å²) in [5.41, 5.74) is 0.552. The molecule has 0 spiro atoms. The number of ether oxygens (including phenoxy) is 2. The Morgan fingerprint density at radius 3 is 2.32 bits per heavy atom. The lowest BCUT2D eigenvalue weighted by Crippen LogP contribution is -2.43. The number of hydrogen-bond acceptors (Lipinski definition) is 4. The zero-order valence-corrected chi connectivity index (χ0v) is 12.9. The first-order valence-corrected chi connectivity index (χ1v) is 7.63. The molecule has 0 aromatic rings. The van der Waals surface area contributed by atoms with Gasteiger partial charge in [0.1, 0.15) is 0 Å². The van der Waals surface area contributed by atoms with Crippen molar-refractivity contribution in [3.05, 3.63) is 0 Å². The van der Waals surface area contributed by atoms with Crippen LogP contribution in [0, 0.1) is 5.41 Å². The lowest BCUT2D eigenvalue weighted by molar-refractivity contribution is -0.0107. The molecular weight excluding hydrogens is 242 g/mol. The van der Waals surface area contributed by atoms with Crippen LogP contribution in [0.1, 0.15) is 39.5 Å². The van der Waals surface area contributed by atoms with Crippen LogP contribution in [-0.4, -0.2) is 62.7 Å². The normalized spacial score (nSPS) is 21.5. The molecule has 0 bridgehead atoms. The van der Waals surface area contributed by atoms with Crippen LogP contribution in [-0.2, 0) is 9.47 Å². The smallest absolute Gasteiger partial charge is 0.0900 e. The van der Waals surface area contributed by atoms with Crippen molar-refractivity contribution < 1.29 is 14.6 Å². The average molecular weight is 273 g/mol. The Kier molecular flexibility index (Phi) is 7.91. The summed E-state index contributed by atoms with van der Waals surface area (Å²) in [6.45, 7) is 9.11. The molecule has 0 aliphatic carbocycles. The Morgan fingerprint density at radius 1 is 1.16 bits per heavy atom. The van der Waals surface area contributed by atoms with Gasteiger partial charge in [-0.25, -0.2) is 0 Å². The standard InChI is InChI=1S/C15H31NO3/c1-4-15(5-2)6-8-16(9-7-15)12-14(17)13-19-11-10-18-3/h14,17H,4-13H2,1-3H3. The van der Waals surface area contributed by atoms with Gasteiger partial charge in [-0.05, 0) is 31.3 Å². The molecule has 4 heteroatoms. The summed E-state index contributed by atoms with van der Waals surface area (Å²) in [5, 5.41) is 9.94. The van der Waals surface area contributed by atoms with Crippen molar-refractivity contribution in [1.29, 1.82) is 0 Å². The van der Waals surface area contributed by atoms with Crippen LogP contribution >= 0.6 is 0 Å². The van der Waals surface area contributed by atoms with Gasteiger partial charge in [-0.15, -0.1) is 0 Å². The fraction of sp³-hybridized carbons (Fsp3) is 1.00. The van der Waals surface area contributed by atoms with Crippen LogP contribution in [0.5, 0.6) is 0 Å². The van der Waals surface area contributed by atoms with Gasteiger partial charge in [0.2, 0.25) is 0 Å². The van der Waals surface area contributed by atoms with Gasteiger partial charge in [0.15, 0.2) is 0 Å². The average Bonchev–Trinajstić information content (AvgIpc) is 2.45. The number of piperidine rings is 1. The highest BCUT2D eigenvalue weighted by Crippen LogP contribution is 2.37. The van der Waals surface area contributed by atoms with Crippen molar-refractivity contribution in [3.63, 3.8) is 0 Å². The Morgan fingerprint density at radius 2 is 1.79 bits per heavy atom. The Bertz CT molecular complexity index is 221. The molecule has 1 atom stereocenters. The van der Waals surface area contributed by atoms with Crippen molar-refractivity contribution in [2.75, 3.05) is 46.6 Å². The number of likely N-dealkylation sites (tertiary alicyclic amines) is 1. The minimum atomic E-state index is -0.382. The van der Waals surface area contributed by atoms with Crippen LogP contribution in [0.25, 0.3) is 0 Å². The van der Waals surface area contributed by atoms with E-state index in [-0.39, 0.29) is 6.10 Å². The minimum Gasteiger partial charge on any atom is -0.389 e. The number of rotatable bonds is 9. The van der Waals surface area contributed by atoms with E-state index in [2.05, 4.69) is 18.7 Å². The summed E-state index contributed by atoms with van der Waals surface area (Å²) in [5.74, 6) is 0. The zero-order chi connectivity index (χ0) is 14.1. The second-order valence-electron chi connectivity index (χ2n) is 5.73. The molecule has 1 unspecified atom stereocenters. The van der Waals surface area contributed by atoms with Gasteiger partial charge in [0, 0.05) is 13.7 Å². The predicted molar refractivity (Wildman–Crippen MR) is 77.4 cm³/mol. The molecule has 1 aliphatic heterocycles. The van der Waals surface area contributed by atoms with E-state index in [0.29, 0.717) is 25.2 Å². The van der Waals surface area contributed by atoms with Crippen molar-refractivity contribution in [3.8, 4) is 0 Å². The number of aliphatic hydroxyl groups excluding tert-OH is 1. The van der Waals surface area contributed by atoms with Gasteiger partial charge in [0.05, 0.1) is 25.9 Å². The molecule has 0 aromatic carbocycles. The second kappa shape index (κ2) is 8.90. The maximum absolute atomic E-state index is 9.94. The second-order valence-corrected chi connectivity index (χ2v) is 5.73. The molecule has 114 valence electrons. The fourth-order valence-corrected chi connectivity index (χ4v) is 2.88. The van der Waals surface area contributed by atoms with E-state index in [9.17, 15) is 5.11 Å². The topological polar surface area (TPSA) is 41.9 Å². The third-order valence-corrected chi connectivity index (χ3v) is 4.63. The SMILES string of the molecule is CCC1(CC)CCN(CC(O)COCCOC)CC1. The Balaban J connectivity index is 2.17. The molecule has 1 saturated heterocycles. The maximum Gasteiger partial charge on any atom is 0.0900 e. The van der Waals surface area contributed by atoms with E-state index in [0.717, 1.165) is 19.6 Å². The molecule has 1 aliphatic rings. The predicted octanol–water partition coefficient (Wildman–Crippen LogP) is 1.91. The summed E-state index contributed by atoms with van der Waals surface area (Å²) >= 11 is 0. The van der Waals surface area contributed by atoms with E-state index in [1.807, 2.05) is 0 Å². The van der Waals surface area contributed by atoms with Crippen molar-refractivity contribution in [1.82, 2.24) is 4.90 Å². The van der Waals surface area contributed by atoms with E-state index < -0.39 is 0 Å².